The summed E-state index contributed by atoms with van der Waals surface area (Å²) in [5, 5.41) is 2.62. The molecule has 1 heterocycles. The van der Waals surface area contributed by atoms with Crippen molar-refractivity contribution in [3.63, 3.8) is 0 Å². The molecular formula is C19H19FN2O3. The van der Waals surface area contributed by atoms with E-state index in [0.717, 1.165) is 5.56 Å². The monoisotopic (exact) mass is 342 g/mol. The van der Waals surface area contributed by atoms with Crippen LogP contribution in [-0.2, 0) is 20.9 Å². The molecule has 5 nitrogen and oxygen atoms in total. The SMILES string of the molecule is O=C(CC1C(=O)OCCN1Cc1ccccc1)Nc1cccc(F)c1. The Hall–Kier alpha value is -2.73. The molecule has 0 spiro atoms. The third-order valence-corrected chi connectivity index (χ3v) is 4.05. The normalized spacial score (nSPS) is 17.8. The summed E-state index contributed by atoms with van der Waals surface area (Å²) >= 11 is 0. The first kappa shape index (κ1) is 17.1. The number of carbonyl (C=O) groups excluding carboxylic acids is 2. The van der Waals surface area contributed by atoms with Crippen LogP contribution in [0.2, 0.25) is 0 Å². The van der Waals surface area contributed by atoms with Crippen molar-refractivity contribution < 1.29 is 18.7 Å². The number of hydrogen-bond acceptors (Lipinski definition) is 4. The number of nitrogens with zero attached hydrogens (tertiary/aromatic N) is 1. The highest BCUT2D eigenvalue weighted by Crippen LogP contribution is 2.17. The Morgan fingerprint density at radius 1 is 1.20 bits per heavy atom. The molecule has 1 aliphatic heterocycles. The van der Waals surface area contributed by atoms with Crippen LogP contribution in [-0.4, -0.2) is 36.0 Å². The number of amides is 1. The summed E-state index contributed by atoms with van der Waals surface area (Å²) in [7, 11) is 0. The van der Waals surface area contributed by atoms with Gasteiger partial charge in [0.1, 0.15) is 18.5 Å². The molecule has 1 unspecified atom stereocenters. The van der Waals surface area contributed by atoms with Crippen molar-refractivity contribution in [3.8, 4) is 0 Å². The van der Waals surface area contributed by atoms with Crippen molar-refractivity contribution in [3.05, 3.63) is 66.0 Å². The molecule has 25 heavy (non-hydrogen) atoms. The van der Waals surface area contributed by atoms with Crippen molar-refractivity contribution >= 4 is 17.6 Å². The van der Waals surface area contributed by atoms with Crippen LogP contribution in [0.15, 0.2) is 54.6 Å². The molecule has 0 bridgehead atoms. The number of benzene rings is 2. The van der Waals surface area contributed by atoms with Crippen LogP contribution in [0.5, 0.6) is 0 Å². The van der Waals surface area contributed by atoms with Crippen molar-refractivity contribution in [1.82, 2.24) is 4.90 Å². The number of esters is 1. The third kappa shape index (κ3) is 4.64. The molecule has 0 aliphatic carbocycles. The number of halogens is 1. The second-order valence-corrected chi connectivity index (χ2v) is 5.90. The maximum atomic E-state index is 13.2. The fourth-order valence-electron chi connectivity index (χ4n) is 2.84. The fourth-order valence-corrected chi connectivity index (χ4v) is 2.84. The van der Waals surface area contributed by atoms with Gasteiger partial charge < -0.3 is 10.1 Å². The fraction of sp³-hybridized carbons (Fsp3) is 0.263. The van der Waals surface area contributed by atoms with E-state index in [-0.39, 0.29) is 12.3 Å². The third-order valence-electron chi connectivity index (χ3n) is 4.05. The van der Waals surface area contributed by atoms with Crippen LogP contribution in [0.3, 0.4) is 0 Å². The van der Waals surface area contributed by atoms with Crippen LogP contribution in [0.25, 0.3) is 0 Å². The van der Waals surface area contributed by atoms with E-state index < -0.39 is 17.8 Å². The van der Waals surface area contributed by atoms with Gasteiger partial charge >= 0.3 is 5.97 Å². The largest absolute Gasteiger partial charge is 0.463 e. The molecule has 1 amide bonds. The maximum Gasteiger partial charge on any atom is 0.323 e. The summed E-state index contributed by atoms with van der Waals surface area (Å²) in [4.78, 5) is 26.3. The topological polar surface area (TPSA) is 58.6 Å². The average Bonchev–Trinajstić information content (AvgIpc) is 2.59. The van der Waals surface area contributed by atoms with Gasteiger partial charge in [0.05, 0.1) is 6.42 Å². The maximum absolute atomic E-state index is 13.2. The van der Waals surface area contributed by atoms with Gasteiger partial charge in [-0.25, -0.2) is 4.39 Å². The number of nitrogens with one attached hydrogen (secondary N) is 1. The predicted molar refractivity (Wildman–Crippen MR) is 91.2 cm³/mol. The Labute approximate surface area is 145 Å². The molecule has 6 heteroatoms. The molecule has 3 rings (SSSR count). The quantitative estimate of drug-likeness (QED) is 0.849. The Morgan fingerprint density at radius 2 is 2.00 bits per heavy atom. The van der Waals surface area contributed by atoms with Gasteiger partial charge in [-0.1, -0.05) is 36.4 Å². The van der Waals surface area contributed by atoms with E-state index in [2.05, 4.69) is 5.32 Å². The first-order valence-electron chi connectivity index (χ1n) is 8.12. The average molecular weight is 342 g/mol. The van der Waals surface area contributed by atoms with Crippen LogP contribution in [0, 0.1) is 5.82 Å². The van der Waals surface area contributed by atoms with Gasteiger partial charge in [-0.2, -0.15) is 0 Å². The van der Waals surface area contributed by atoms with Gasteiger partial charge in [-0.05, 0) is 23.8 Å². The van der Waals surface area contributed by atoms with Gasteiger partial charge in [-0.3, -0.25) is 14.5 Å². The first-order chi connectivity index (χ1) is 12.1. The molecule has 0 saturated carbocycles. The first-order valence-corrected chi connectivity index (χ1v) is 8.12. The molecule has 1 N–H and O–H groups in total. The molecule has 0 aromatic heterocycles. The highest BCUT2D eigenvalue weighted by atomic mass is 19.1. The van der Waals surface area contributed by atoms with Gasteiger partial charge in [0.2, 0.25) is 5.91 Å². The molecule has 1 fully saturated rings. The molecule has 130 valence electrons. The van der Waals surface area contributed by atoms with Crippen molar-refractivity contribution in [1.29, 1.82) is 0 Å². The number of rotatable bonds is 5. The lowest BCUT2D eigenvalue weighted by molar-refractivity contribution is -0.159. The Balaban J connectivity index is 1.66. The Morgan fingerprint density at radius 3 is 2.76 bits per heavy atom. The number of morpholine rings is 1. The van der Waals surface area contributed by atoms with Crippen molar-refractivity contribution in [2.24, 2.45) is 0 Å². The molecule has 2 aromatic carbocycles. The lowest BCUT2D eigenvalue weighted by Gasteiger charge is -2.33. The Bertz CT molecular complexity index is 751. The molecule has 0 radical (unpaired) electrons. The van der Waals surface area contributed by atoms with E-state index in [1.54, 1.807) is 6.07 Å². The number of carbonyl (C=O) groups is 2. The Kier molecular flexibility index (Phi) is 5.40. The molecule has 1 atom stereocenters. The van der Waals surface area contributed by atoms with Crippen LogP contribution >= 0.6 is 0 Å². The van der Waals surface area contributed by atoms with E-state index in [0.29, 0.717) is 25.4 Å². The van der Waals surface area contributed by atoms with E-state index in [4.69, 9.17) is 4.74 Å². The van der Waals surface area contributed by atoms with Gasteiger partial charge in [0.25, 0.3) is 0 Å². The minimum absolute atomic E-state index is 0.0395. The smallest absolute Gasteiger partial charge is 0.323 e. The minimum atomic E-state index is -0.650. The molecule has 2 aromatic rings. The summed E-state index contributed by atoms with van der Waals surface area (Å²) in [6, 6.07) is 14.7. The summed E-state index contributed by atoms with van der Waals surface area (Å²) in [6.07, 6.45) is -0.0395. The minimum Gasteiger partial charge on any atom is -0.463 e. The zero-order valence-corrected chi connectivity index (χ0v) is 13.7. The van der Waals surface area contributed by atoms with E-state index in [1.165, 1.54) is 18.2 Å². The van der Waals surface area contributed by atoms with Gasteiger partial charge in [0, 0.05) is 18.8 Å². The van der Waals surface area contributed by atoms with Gasteiger partial charge in [-0.15, -0.1) is 0 Å². The predicted octanol–water partition coefficient (Wildman–Crippen LogP) is 2.58. The second kappa shape index (κ2) is 7.90. The van der Waals surface area contributed by atoms with Gasteiger partial charge in [0.15, 0.2) is 0 Å². The van der Waals surface area contributed by atoms with Crippen molar-refractivity contribution in [2.45, 2.75) is 19.0 Å². The standard InChI is InChI=1S/C19H19FN2O3/c20-15-7-4-8-16(11-15)21-18(23)12-17-19(24)25-10-9-22(17)13-14-5-2-1-3-6-14/h1-8,11,17H,9-10,12-13H2,(H,21,23). The van der Waals surface area contributed by atoms with Crippen LogP contribution < -0.4 is 5.32 Å². The van der Waals surface area contributed by atoms with Crippen LogP contribution in [0.4, 0.5) is 10.1 Å². The number of ether oxygens (including phenoxy) is 1. The second-order valence-electron chi connectivity index (χ2n) is 5.90. The number of anilines is 1. The summed E-state index contributed by atoms with van der Waals surface area (Å²) in [5.41, 5.74) is 1.43. The van der Waals surface area contributed by atoms with Crippen LogP contribution in [0.1, 0.15) is 12.0 Å². The molecule has 1 saturated heterocycles. The van der Waals surface area contributed by atoms with Crippen molar-refractivity contribution in [2.75, 3.05) is 18.5 Å². The number of hydrogen-bond donors (Lipinski definition) is 1. The summed E-state index contributed by atoms with van der Waals surface area (Å²) < 4.78 is 18.3. The van der Waals surface area contributed by atoms with E-state index >= 15 is 0 Å². The van der Waals surface area contributed by atoms with E-state index in [1.807, 2.05) is 35.2 Å². The zero-order valence-electron chi connectivity index (χ0n) is 13.7. The lowest BCUT2D eigenvalue weighted by Crippen LogP contribution is -2.49. The summed E-state index contributed by atoms with van der Waals surface area (Å²) in [6.45, 7) is 1.44. The lowest BCUT2D eigenvalue weighted by atomic mass is 10.1. The highest BCUT2D eigenvalue weighted by molar-refractivity contribution is 5.94. The molecule has 1 aliphatic rings. The highest BCUT2D eigenvalue weighted by Gasteiger charge is 2.33. The zero-order chi connectivity index (χ0) is 17.6. The number of cyclic esters (lactones) is 1. The molecular weight excluding hydrogens is 323 g/mol. The van der Waals surface area contributed by atoms with E-state index in [9.17, 15) is 14.0 Å². The summed E-state index contributed by atoms with van der Waals surface area (Å²) in [5.74, 6) is -1.19.